The van der Waals surface area contributed by atoms with Gasteiger partial charge in [-0.1, -0.05) is 12.1 Å². The number of ether oxygens (including phenoxy) is 1. The predicted octanol–water partition coefficient (Wildman–Crippen LogP) is 2.58. The van der Waals surface area contributed by atoms with Gasteiger partial charge in [-0.2, -0.15) is 0 Å². The summed E-state index contributed by atoms with van der Waals surface area (Å²) in [5, 5.41) is 2.54. The van der Waals surface area contributed by atoms with E-state index in [-0.39, 0.29) is 0 Å². The molecule has 0 spiro atoms. The first-order valence-electron chi connectivity index (χ1n) is 4.77. The molecule has 0 radical (unpaired) electrons. The minimum Gasteiger partial charge on any atom is -0.410 e. The van der Waals surface area contributed by atoms with Crippen LogP contribution in [0.4, 0.5) is 4.79 Å². The van der Waals surface area contributed by atoms with E-state index in [2.05, 4.69) is 11.9 Å². The first kappa shape index (κ1) is 11.3. The normalized spacial score (nSPS) is 9.47. The second kappa shape index (κ2) is 5.20. The molecule has 0 bridgehead atoms. The molecule has 0 aliphatic carbocycles. The van der Waals surface area contributed by atoms with E-state index in [4.69, 9.17) is 4.74 Å². The first-order valence-corrected chi connectivity index (χ1v) is 4.77. The first-order chi connectivity index (χ1) is 7.13. The van der Waals surface area contributed by atoms with Gasteiger partial charge in [0, 0.05) is 6.54 Å². The van der Waals surface area contributed by atoms with Gasteiger partial charge < -0.3 is 10.1 Å². The summed E-state index contributed by atoms with van der Waals surface area (Å²) in [6, 6.07) is 5.53. The van der Waals surface area contributed by atoms with E-state index in [0.717, 1.165) is 5.56 Å². The van der Waals surface area contributed by atoms with Crippen LogP contribution in [-0.4, -0.2) is 12.6 Å². The van der Waals surface area contributed by atoms with Crippen molar-refractivity contribution in [1.29, 1.82) is 0 Å². The van der Waals surface area contributed by atoms with Gasteiger partial charge in [-0.25, -0.2) is 4.79 Å². The van der Waals surface area contributed by atoms with Crippen LogP contribution in [0.25, 0.3) is 0 Å². The van der Waals surface area contributed by atoms with Crippen LogP contribution in [-0.2, 0) is 0 Å². The van der Waals surface area contributed by atoms with Gasteiger partial charge in [-0.3, -0.25) is 0 Å². The fraction of sp³-hybridized carbons (Fsp3) is 0.250. The molecule has 0 heterocycles. The van der Waals surface area contributed by atoms with Crippen molar-refractivity contribution in [1.82, 2.24) is 5.32 Å². The molecule has 80 valence electrons. The largest absolute Gasteiger partial charge is 0.412 e. The topological polar surface area (TPSA) is 38.3 Å². The van der Waals surface area contributed by atoms with Crippen LogP contribution < -0.4 is 10.1 Å². The van der Waals surface area contributed by atoms with Crippen molar-refractivity contribution in [2.45, 2.75) is 13.8 Å². The maximum absolute atomic E-state index is 11.2. The van der Waals surface area contributed by atoms with Crippen LogP contribution in [0.3, 0.4) is 0 Å². The Hall–Kier alpha value is -1.77. The Morgan fingerprint density at radius 2 is 2.20 bits per heavy atom. The van der Waals surface area contributed by atoms with Crippen molar-refractivity contribution in [3.63, 3.8) is 0 Å². The molecular weight excluding hydrogens is 190 g/mol. The molecule has 0 saturated heterocycles. The minimum absolute atomic E-state index is 0.406. The lowest BCUT2D eigenvalue weighted by molar-refractivity contribution is 0.201. The van der Waals surface area contributed by atoms with Crippen molar-refractivity contribution in [3.05, 3.63) is 42.0 Å². The zero-order valence-corrected chi connectivity index (χ0v) is 9.04. The molecule has 0 atom stereocenters. The van der Waals surface area contributed by atoms with Gasteiger partial charge >= 0.3 is 6.09 Å². The number of carbonyl (C=O) groups excluding carboxylic acids is 1. The molecule has 1 rings (SSSR count). The smallest absolute Gasteiger partial charge is 0.410 e. The third kappa shape index (κ3) is 3.46. The van der Waals surface area contributed by atoms with Gasteiger partial charge in [0.05, 0.1) is 0 Å². The molecule has 1 N–H and O–H groups in total. The molecule has 0 aliphatic heterocycles. The molecule has 0 saturated carbocycles. The monoisotopic (exact) mass is 205 g/mol. The molecule has 0 aliphatic rings. The van der Waals surface area contributed by atoms with E-state index >= 15 is 0 Å². The highest BCUT2D eigenvalue weighted by Gasteiger charge is 2.03. The molecule has 3 nitrogen and oxygen atoms in total. The van der Waals surface area contributed by atoms with Gasteiger partial charge in [0.25, 0.3) is 0 Å². The fourth-order valence-electron chi connectivity index (χ4n) is 1.08. The lowest BCUT2D eigenvalue weighted by Gasteiger charge is -2.06. The number of hydrogen-bond donors (Lipinski definition) is 1. The Balaban J connectivity index is 2.60. The zero-order chi connectivity index (χ0) is 11.3. The number of rotatable bonds is 3. The van der Waals surface area contributed by atoms with Crippen LogP contribution in [0.15, 0.2) is 30.9 Å². The third-order valence-corrected chi connectivity index (χ3v) is 2.08. The van der Waals surface area contributed by atoms with Gasteiger partial charge in [0.1, 0.15) is 5.75 Å². The van der Waals surface area contributed by atoms with Gasteiger partial charge in [0.15, 0.2) is 0 Å². The van der Waals surface area contributed by atoms with E-state index < -0.39 is 6.09 Å². The molecule has 1 aromatic carbocycles. The van der Waals surface area contributed by atoms with Crippen LogP contribution >= 0.6 is 0 Å². The summed E-state index contributed by atoms with van der Waals surface area (Å²) in [5.41, 5.74) is 2.28. The number of aryl methyl sites for hydroxylation is 2. The predicted molar refractivity (Wildman–Crippen MR) is 60.1 cm³/mol. The number of carbonyl (C=O) groups is 1. The van der Waals surface area contributed by atoms with Crippen molar-refractivity contribution in [2.24, 2.45) is 0 Å². The van der Waals surface area contributed by atoms with Crippen molar-refractivity contribution in [2.75, 3.05) is 6.54 Å². The second-order valence-corrected chi connectivity index (χ2v) is 3.31. The van der Waals surface area contributed by atoms with Crippen LogP contribution in [0, 0.1) is 13.8 Å². The summed E-state index contributed by atoms with van der Waals surface area (Å²) in [6.07, 6.45) is 1.14. The summed E-state index contributed by atoms with van der Waals surface area (Å²) in [5.74, 6) is 0.555. The molecule has 15 heavy (non-hydrogen) atoms. The molecule has 0 aromatic heterocycles. The number of amides is 1. The quantitative estimate of drug-likeness (QED) is 0.770. The Morgan fingerprint density at radius 3 is 2.80 bits per heavy atom. The summed E-state index contributed by atoms with van der Waals surface area (Å²) < 4.78 is 5.05. The third-order valence-electron chi connectivity index (χ3n) is 2.08. The molecular formula is C12H15NO2. The van der Waals surface area contributed by atoms with E-state index in [9.17, 15) is 4.79 Å². The van der Waals surface area contributed by atoms with E-state index in [1.165, 1.54) is 5.56 Å². The average molecular weight is 205 g/mol. The summed E-state index contributed by atoms with van der Waals surface area (Å²) in [6.45, 7) is 7.89. The Bertz CT molecular complexity index is 372. The van der Waals surface area contributed by atoms with Crippen molar-refractivity contribution in [3.8, 4) is 5.75 Å². The Kier molecular flexibility index (Phi) is 3.92. The Morgan fingerprint density at radius 1 is 1.47 bits per heavy atom. The van der Waals surface area contributed by atoms with Crippen LogP contribution in [0.2, 0.25) is 0 Å². The number of hydrogen-bond acceptors (Lipinski definition) is 2. The van der Waals surface area contributed by atoms with Crippen LogP contribution in [0.5, 0.6) is 5.75 Å². The molecule has 1 aromatic rings. The van der Waals surface area contributed by atoms with Crippen molar-refractivity contribution < 1.29 is 9.53 Å². The van der Waals surface area contributed by atoms with E-state index in [1.807, 2.05) is 26.0 Å². The SMILES string of the molecule is C=CCNC(=O)Oc1ccc(C)c(C)c1. The highest BCUT2D eigenvalue weighted by molar-refractivity contribution is 5.70. The summed E-state index contributed by atoms with van der Waals surface area (Å²) >= 11 is 0. The lowest BCUT2D eigenvalue weighted by atomic mass is 10.1. The van der Waals surface area contributed by atoms with E-state index in [0.29, 0.717) is 12.3 Å². The molecule has 0 unspecified atom stereocenters. The van der Waals surface area contributed by atoms with Crippen molar-refractivity contribution >= 4 is 6.09 Å². The number of nitrogens with one attached hydrogen (secondary N) is 1. The highest BCUT2D eigenvalue weighted by atomic mass is 16.5. The molecule has 1 amide bonds. The molecule has 3 heteroatoms. The maximum atomic E-state index is 11.2. The summed E-state index contributed by atoms with van der Waals surface area (Å²) in [4.78, 5) is 11.2. The lowest BCUT2D eigenvalue weighted by Crippen LogP contribution is -2.26. The minimum atomic E-state index is -0.460. The second-order valence-electron chi connectivity index (χ2n) is 3.31. The van der Waals surface area contributed by atoms with E-state index in [1.54, 1.807) is 12.1 Å². The fourth-order valence-corrected chi connectivity index (χ4v) is 1.08. The number of benzene rings is 1. The highest BCUT2D eigenvalue weighted by Crippen LogP contribution is 2.16. The van der Waals surface area contributed by atoms with Gasteiger partial charge in [-0.05, 0) is 37.1 Å². The summed E-state index contributed by atoms with van der Waals surface area (Å²) in [7, 11) is 0. The standard InChI is InChI=1S/C12H15NO2/c1-4-7-13-12(14)15-11-6-5-9(2)10(3)8-11/h4-6,8H,1,7H2,2-3H3,(H,13,14). The zero-order valence-electron chi connectivity index (χ0n) is 9.04. The Labute approximate surface area is 89.8 Å². The molecule has 0 fully saturated rings. The van der Waals surface area contributed by atoms with Crippen LogP contribution in [0.1, 0.15) is 11.1 Å². The maximum Gasteiger partial charge on any atom is 0.412 e. The van der Waals surface area contributed by atoms with Gasteiger partial charge in [-0.15, -0.1) is 6.58 Å². The van der Waals surface area contributed by atoms with Gasteiger partial charge in [0.2, 0.25) is 0 Å². The average Bonchev–Trinajstić information content (AvgIpc) is 2.20.